The van der Waals surface area contributed by atoms with E-state index in [-0.39, 0.29) is 18.4 Å². The van der Waals surface area contributed by atoms with Crippen LogP contribution < -0.4 is 0 Å². The van der Waals surface area contributed by atoms with Crippen molar-refractivity contribution in [2.75, 3.05) is 6.61 Å². The minimum absolute atomic E-state index is 0.0506. The van der Waals surface area contributed by atoms with Crippen LogP contribution >= 0.6 is 0 Å². The summed E-state index contributed by atoms with van der Waals surface area (Å²) in [6.45, 7) is 2.89. The molecule has 0 radical (unpaired) electrons. The number of carbonyl (C=O) groups is 2. The molecule has 2 rings (SSSR count). The third-order valence-electron chi connectivity index (χ3n) is 3.91. The zero-order chi connectivity index (χ0) is 16.3. The average molecular weight is 307 g/mol. The molecule has 1 amide bonds. The Kier molecular flexibility index (Phi) is 5.15. The number of rotatable bonds is 5. The molecule has 1 aromatic rings. The molecule has 22 heavy (non-hydrogen) atoms. The molecule has 0 unspecified atom stereocenters. The van der Waals surface area contributed by atoms with Crippen molar-refractivity contribution >= 4 is 11.9 Å². The Bertz CT molecular complexity index is 533. The number of ether oxygens (including phenoxy) is 1. The number of aliphatic hydroxyl groups is 2. The van der Waals surface area contributed by atoms with Crippen molar-refractivity contribution in [3.63, 3.8) is 0 Å². The summed E-state index contributed by atoms with van der Waals surface area (Å²) in [5.41, 5.74) is 0.890. The Hall–Kier alpha value is -1.92. The van der Waals surface area contributed by atoms with Gasteiger partial charge in [-0.1, -0.05) is 30.3 Å². The largest absolute Gasteiger partial charge is 0.451 e. The number of morpholine rings is 1. The highest BCUT2D eigenvalue weighted by molar-refractivity contribution is 5.92. The maximum absolute atomic E-state index is 12.5. The average Bonchev–Trinajstić information content (AvgIpc) is 2.53. The summed E-state index contributed by atoms with van der Waals surface area (Å²) >= 11 is 0. The first-order chi connectivity index (χ1) is 10.5. The molecule has 0 saturated carbocycles. The highest BCUT2D eigenvalue weighted by atomic mass is 16.6. The zero-order valence-corrected chi connectivity index (χ0v) is 12.7. The van der Waals surface area contributed by atoms with Crippen molar-refractivity contribution < 1.29 is 24.5 Å². The van der Waals surface area contributed by atoms with Gasteiger partial charge >= 0.3 is 5.97 Å². The molecular weight excluding hydrogens is 286 g/mol. The van der Waals surface area contributed by atoms with Crippen LogP contribution in [0, 0.1) is 0 Å². The first kappa shape index (κ1) is 16.5. The van der Waals surface area contributed by atoms with E-state index in [1.54, 1.807) is 0 Å². The quantitative estimate of drug-likeness (QED) is 0.779. The van der Waals surface area contributed by atoms with Gasteiger partial charge in [-0.3, -0.25) is 4.79 Å². The minimum atomic E-state index is -1.08. The molecule has 1 saturated heterocycles. The number of esters is 1. The summed E-state index contributed by atoms with van der Waals surface area (Å²) < 4.78 is 5.05. The fraction of sp³-hybridized carbons (Fsp3) is 0.500. The second kappa shape index (κ2) is 6.89. The van der Waals surface area contributed by atoms with Gasteiger partial charge in [0.05, 0.1) is 18.8 Å². The molecule has 1 aliphatic rings. The van der Waals surface area contributed by atoms with E-state index in [9.17, 15) is 14.7 Å². The molecule has 1 heterocycles. The zero-order valence-electron chi connectivity index (χ0n) is 12.7. The summed E-state index contributed by atoms with van der Waals surface area (Å²) in [4.78, 5) is 26.1. The van der Waals surface area contributed by atoms with E-state index in [2.05, 4.69) is 0 Å². The first-order valence-corrected chi connectivity index (χ1v) is 7.32. The van der Waals surface area contributed by atoms with Gasteiger partial charge in [0.2, 0.25) is 0 Å². The lowest BCUT2D eigenvalue weighted by Gasteiger charge is -2.41. The molecule has 1 fully saturated rings. The molecular formula is C16H21NO5. The maximum atomic E-state index is 12.5. The molecule has 1 aliphatic heterocycles. The molecule has 6 heteroatoms. The Labute approximate surface area is 129 Å². The number of hydrogen-bond acceptors (Lipinski definition) is 5. The molecule has 0 bridgehead atoms. The van der Waals surface area contributed by atoms with Crippen LogP contribution in [0.25, 0.3) is 0 Å². The second-order valence-electron chi connectivity index (χ2n) is 5.50. The lowest BCUT2D eigenvalue weighted by Crippen LogP contribution is -2.57. The molecule has 0 aliphatic carbocycles. The van der Waals surface area contributed by atoms with Gasteiger partial charge in [-0.2, -0.15) is 0 Å². The Morgan fingerprint density at radius 1 is 1.27 bits per heavy atom. The van der Waals surface area contributed by atoms with Crippen molar-refractivity contribution in [2.24, 2.45) is 0 Å². The van der Waals surface area contributed by atoms with Crippen LogP contribution in [0.5, 0.6) is 0 Å². The van der Waals surface area contributed by atoms with Gasteiger partial charge in [0.1, 0.15) is 6.04 Å². The Morgan fingerprint density at radius 3 is 2.50 bits per heavy atom. The van der Waals surface area contributed by atoms with E-state index in [1.807, 2.05) is 37.3 Å². The van der Waals surface area contributed by atoms with Gasteiger partial charge in [0.15, 0.2) is 6.10 Å². The van der Waals surface area contributed by atoms with Crippen LogP contribution in [0.1, 0.15) is 31.9 Å². The number of amides is 1. The van der Waals surface area contributed by atoms with E-state index >= 15 is 0 Å². The van der Waals surface area contributed by atoms with Crippen LogP contribution in [0.3, 0.4) is 0 Å². The Morgan fingerprint density at radius 2 is 1.91 bits per heavy atom. The monoisotopic (exact) mass is 307 g/mol. The van der Waals surface area contributed by atoms with Gasteiger partial charge < -0.3 is 19.8 Å². The van der Waals surface area contributed by atoms with Crippen molar-refractivity contribution in [2.45, 2.75) is 44.6 Å². The lowest BCUT2D eigenvalue weighted by atomic mass is 9.99. The molecule has 2 N–H and O–H groups in total. The number of nitrogens with zero attached hydrogens (tertiary/aromatic N) is 1. The standard InChI is InChI=1S/C16H21NO5/c1-10(12-6-4-3-5-7-12)17-14(8-13(19)9-18)16(21)22-11(2)15(17)20/h3-7,10-11,13-14,18-19H,8-9H2,1-2H3/t10-,11+,13-,14+/m0/s1. The highest BCUT2D eigenvalue weighted by Gasteiger charge is 2.43. The highest BCUT2D eigenvalue weighted by Crippen LogP contribution is 2.29. The van der Waals surface area contributed by atoms with Gasteiger partial charge in [-0.25, -0.2) is 4.79 Å². The number of hydrogen-bond donors (Lipinski definition) is 2. The van der Waals surface area contributed by atoms with E-state index in [0.717, 1.165) is 5.56 Å². The molecule has 0 spiro atoms. The van der Waals surface area contributed by atoms with Gasteiger partial charge in [0, 0.05) is 6.42 Å². The SMILES string of the molecule is C[C@H]1OC(=O)[C@@H](C[C@H](O)CO)N([C@@H](C)c2ccccc2)C1=O. The van der Waals surface area contributed by atoms with Crippen LogP contribution in [-0.2, 0) is 14.3 Å². The van der Waals surface area contributed by atoms with Crippen molar-refractivity contribution in [3.05, 3.63) is 35.9 Å². The topological polar surface area (TPSA) is 87.1 Å². The van der Waals surface area contributed by atoms with Gasteiger partial charge in [-0.15, -0.1) is 0 Å². The fourth-order valence-electron chi connectivity index (χ4n) is 2.68. The first-order valence-electron chi connectivity index (χ1n) is 7.32. The number of cyclic esters (lactones) is 1. The predicted octanol–water partition coefficient (Wildman–Crippen LogP) is 0.633. The molecule has 0 aromatic heterocycles. The van der Waals surface area contributed by atoms with Crippen LogP contribution in [-0.4, -0.2) is 51.8 Å². The van der Waals surface area contributed by atoms with E-state index in [4.69, 9.17) is 9.84 Å². The minimum Gasteiger partial charge on any atom is -0.451 e. The summed E-state index contributed by atoms with van der Waals surface area (Å²) in [5.74, 6) is -0.853. The number of aliphatic hydroxyl groups excluding tert-OH is 2. The Balaban J connectivity index is 2.32. The fourth-order valence-corrected chi connectivity index (χ4v) is 2.68. The van der Waals surface area contributed by atoms with E-state index in [0.29, 0.717) is 0 Å². The lowest BCUT2D eigenvalue weighted by molar-refractivity contribution is -0.181. The van der Waals surface area contributed by atoms with Crippen molar-refractivity contribution in [1.29, 1.82) is 0 Å². The molecule has 6 nitrogen and oxygen atoms in total. The third kappa shape index (κ3) is 3.28. The molecule has 120 valence electrons. The van der Waals surface area contributed by atoms with Crippen LogP contribution in [0.15, 0.2) is 30.3 Å². The van der Waals surface area contributed by atoms with E-state index < -0.39 is 30.8 Å². The van der Waals surface area contributed by atoms with Crippen molar-refractivity contribution in [3.8, 4) is 0 Å². The summed E-state index contributed by atoms with van der Waals surface area (Å²) in [6, 6.07) is 8.11. The molecule has 4 atom stereocenters. The number of benzene rings is 1. The maximum Gasteiger partial charge on any atom is 0.329 e. The number of carbonyl (C=O) groups excluding carboxylic acids is 2. The normalized spacial score (nSPS) is 24.8. The van der Waals surface area contributed by atoms with Crippen molar-refractivity contribution in [1.82, 2.24) is 4.90 Å². The second-order valence-corrected chi connectivity index (χ2v) is 5.50. The third-order valence-corrected chi connectivity index (χ3v) is 3.91. The predicted molar refractivity (Wildman–Crippen MR) is 78.8 cm³/mol. The van der Waals surface area contributed by atoms with Gasteiger partial charge in [0.25, 0.3) is 5.91 Å². The summed E-state index contributed by atoms with van der Waals surface area (Å²) in [5, 5.41) is 18.7. The van der Waals surface area contributed by atoms with Crippen LogP contribution in [0.4, 0.5) is 0 Å². The summed E-state index contributed by atoms with van der Waals surface area (Å²) in [7, 11) is 0. The summed E-state index contributed by atoms with van der Waals surface area (Å²) in [6.07, 6.45) is -1.98. The van der Waals surface area contributed by atoms with Crippen LogP contribution in [0.2, 0.25) is 0 Å². The van der Waals surface area contributed by atoms with E-state index in [1.165, 1.54) is 11.8 Å². The molecule has 1 aromatic carbocycles. The smallest absolute Gasteiger partial charge is 0.329 e. The van der Waals surface area contributed by atoms with Gasteiger partial charge in [-0.05, 0) is 19.4 Å².